The van der Waals surface area contributed by atoms with E-state index in [-0.39, 0.29) is 12.3 Å². The van der Waals surface area contributed by atoms with Crippen LogP contribution in [0.1, 0.15) is 48.4 Å². The van der Waals surface area contributed by atoms with Gasteiger partial charge in [-0.05, 0) is 73.9 Å². The molecule has 2 N–H and O–H groups in total. The minimum absolute atomic E-state index is 0.0461. The maximum atomic E-state index is 11.7. The molecular formula is C28H37N3O4. The molecule has 2 aromatic rings. The summed E-state index contributed by atoms with van der Waals surface area (Å²) in [4.78, 5) is 18.9. The second-order valence-electron chi connectivity index (χ2n) is 10.4. The minimum atomic E-state index is -0.754. The molecule has 2 saturated heterocycles. The molecule has 0 bridgehead atoms. The number of carboxylic acids is 1. The number of fused-ring (bicyclic) bond motifs is 1. The Morgan fingerprint density at radius 2 is 2.17 bits per heavy atom. The molecule has 1 unspecified atom stereocenters. The Hall–Kier alpha value is -2.64. The van der Waals surface area contributed by atoms with Gasteiger partial charge >= 0.3 is 5.97 Å². The topological polar surface area (TPSA) is 83.9 Å². The van der Waals surface area contributed by atoms with Crippen molar-refractivity contribution in [3.63, 3.8) is 0 Å². The fraction of sp³-hybridized carbons (Fsp3) is 0.571. The highest BCUT2D eigenvalue weighted by atomic mass is 16.5. The number of aliphatic carboxylic acids is 1. The number of ether oxygens (including phenoxy) is 2. The van der Waals surface area contributed by atoms with Gasteiger partial charge in [-0.25, -0.2) is 4.98 Å². The Kier molecular flexibility index (Phi) is 7.84. The van der Waals surface area contributed by atoms with Crippen LogP contribution in [0.25, 0.3) is 0 Å². The summed E-state index contributed by atoms with van der Waals surface area (Å²) in [7, 11) is 0. The van der Waals surface area contributed by atoms with Gasteiger partial charge in [-0.2, -0.15) is 0 Å². The lowest BCUT2D eigenvalue weighted by molar-refractivity contribution is -0.137. The molecule has 3 aliphatic heterocycles. The van der Waals surface area contributed by atoms with Crippen molar-refractivity contribution in [2.75, 3.05) is 51.3 Å². The third-order valence-corrected chi connectivity index (χ3v) is 7.55. The predicted molar refractivity (Wildman–Crippen MR) is 135 cm³/mol. The number of carbonyl (C=O) groups is 1. The standard InChI is InChI=1S/C28H37N3O4/c32-27(33)14-24(23-3-1-5-26(13-23)35-19-21-17-34-18-21)16-31-12-10-20(15-31)6-8-25-9-7-22-4-2-11-29-28(22)30-25/h1,3,5,7,9,13,20-21,24H,2,4,6,8,10-12,14-19H2,(H,29,30)(H,32,33)/t20-,24?/m1/s1. The van der Waals surface area contributed by atoms with E-state index in [4.69, 9.17) is 14.5 Å². The Morgan fingerprint density at radius 1 is 1.26 bits per heavy atom. The highest BCUT2D eigenvalue weighted by molar-refractivity contribution is 5.68. The highest BCUT2D eigenvalue weighted by Crippen LogP contribution is 2.29. The predicted octanol–water partition coefficient (Wildman–Crippen LogP) is 3.98. The van der Waals surface area contributed by atoms with Crippen LogP contribution in [0.2, 0.25) is 0 Å². The molecule has 2 fully saturated rings. The van der Waals surface area contributed by atoms with Gasteiger partial charge < -0.3 is 24.8 Å². The molecule has 0 saturated carbocycles. The molecule has 0 radical (unpaired) electrons. The molecule has 5 rings (SSSR count). The number of benzene rings is 1. The van der Waals surface area contributed by atoms with E-state index in [0.29, 0.717) is 18.4 Å². The van der Waals surface area contributed by atoms with Crippen molar-refractivity contribution in [2.24, 2.45) is 11.8 Å². The van der Waals surface area contributed by atoms with Gasteiger partial charge in [0.1, 0.15) is 11.6 Å². The lowest BCUT2D eigenvalue weighted by Crippen LogP contribution is -2.32. The molecule has 1 aromatic heterocycles. The third kappa shape index (κ3) is 6.53. The van der Waals surface area contributed by atoms with Crippen LogP contribution in [0.15, 0.2) is 36.4 Å². The lowest BCUT2D eigenvalue weighted by atomic mass is 9.94. The quantitative estimate of drug-likeness (QED) is 0.504. The van der Waals surface area contributed by atoms with Crippen LogP contribution in [-0.2, 0) is 22.4 Å². The summed E-state index contributed by atoms with van der Waals surface area (Å²) < 4.78 is 11.2. The van der Waals surface area contributed by atoms with Crippen molar-refractivity contribution in [3.8, 4) is 5.75 Å². The lowest BCUT2D eigenvalue weighted by Gasteiger charge is -2.26. The summed E-state index contributed by atoms with van der Waals surface area (Å²) in [5, 5.41) is 13.0. The molecule has 4 heterocycles. The van der Waals surface area contributed by atoms with Crippen LogP contribution < -0.4 is 10.1 Å². The number of aryl methyl sites for hydroxylation is 2. The number of likely N-dealkylation sites (tertiary alicyclic amines) is 1. The zero-order valence-corrected chi connectivity index (χ0v) is 20.5. The van der Waals surface area contributed by atoms with E-state index in [9.17, 15) is 9.90 Å². The average molecular weight is 480 g/mol. The summed E-state index contributed by atoms with van der Waals surface area (Å²) >= 11 is 0. The largest absolute Gasteiger partial charge is 0.493 e. The SMILES string of the molecule is O=C(O)CC(CN1CC[C@@H](CCc2ccc3c(n2)NCCC3)C1)c1cccc(OCC2COC2)c1. The van der Waals surface area contributed by atoms with Crippen molar-refractivity contribution in [1.82, 2.24) is 9.88 Å². The first-order valence-electron chi connectivity index (χ1n) is 13.1. The second-order valence-corrected chi connectivity index (χ2v) is 10.4. The maximum Gasteiger partial charge on any atom is 0.304 e. The Bertz CT molecular complexity index is 1010. The minimum Gasteiger partial charge on any atom is -0.493 e. The van der Waals surface area contributed by atoms with Crippen LogP contribution in [0.3, 0.4) is 0 Å². The number of nitrogens with one attached hydrogen (secondary N) is 1. The van der Waals surface area contributed by atoms with E-state index < -0.39 is 5.97 Å². The van der Waals surface area contributed by atoms with E-state index in [0.717, 1.165) is 82.2 Å². The van der Waals surface area contributed by atoms with Gasteiger partial charge in [0.25, 0.3) is 0 Å². The van der Waals surface area contributed by atoms with E-state index >= 15 is 0 Å². The van der Waals surface area contributed by atoms with Crippen molar-refractivity contribution < 1.29 is 19.4 Å². The molecule has 1 aromatic carbocycles. The number of nitrogens with zero attached hydrogens (tertiary/aromatic N) is 2. The van der Waals surface area contributed by atoms with Gasteiger partial charge in [0.15, 0.2) is 0 Å². The van der Waals surface area contributed by atoms with Gasteiger partial charge in [0, 0.05) is 37.2 Å². The second kappa shape index (κ2) is 11.4. The van der Waals surface area contributed by atoms with Gasteiger partial charge in [-0.3, -0.25) is 4.79 Å². The zero-order valence-electron chi connectivity index (χ0n) is 20.5. The van der Waals surface area contributed by atoms with Gasteiger partial charge in [0.2, 0.25) is 0 Å². The van der Waals surface area contributed by atoms with Crippen LogP contribution in [-0.4, -0.2) is 67.0 Å². The molecule has 2 atom stereocenters. The van der Waals surface area contributed by atoms with E-state index in [1.165, 1.54) is 17.7 Å². The summed E-state index contributed by atoms with van der Waals surface area (Å²) in [6.07, 6.45) is 5.72. The summed E-state index contributed by atoms with van der Waals surface area (Å²) in [6.45, 7) is 6.01. The van der Waals surface area contributed by atoms with Gasteiger partial charge in [0.05, 0.1) is 26.2 Å². The molecule has 7 heteroatoms. The summed E-state index contributed by atoms with van der Waals surface area (Å²) in [5.41, 5.74) is 3.55. The fourth-order valence-electron chi connectivity index (χ4n) is 5.44. The van der Waals surface area contributed by atoms with Crippen LogP contribution in [0, 0.1) is 11.8 Å². The number of aromatic nitrogens is 1. The average Bonchev–Trinajstić information content (AvgIpc) is 3.28. The number of hydrogen-bond acceptors (Lipinski definition) is 6. The van der Waals surface area contributed by atoms with E-state index in [1.54, 1.807) is 0 Å². The molecule has 35 heavy (non-hydrogen) atoms. The maximum absolute atomic E-state index is 11.7. The van der Waals surface area contributed by atoms with Crippen LogP contribution >= 0.6 is 0 Å². The molecule has 0 amide bonds. The van der Waals surface area contributed by atoms with Gasteiger partial charge in [-0.1, -0.05) is 18.2 Å². The first kappa shape index (κ1) is 24.1. The van der Waals surface area contributed by atoms with Crippen molar-refractivity contribution >= 4 is 11.8 Å². The first-order chi connectivity index (χ1) is 17.1. The van der Waals surface area contributed by atoms with Gasteiger partial charge in [-0.15, -0.1) is 0 Å². The van der Waals surface area contributed by atoms with Crippen LogP contribution in [0.5, 0.6) is 5.75 Å². The Morgan fingerprint density at radius 3 is 3.00 bits per heavy atom. The molecule has 7 nitrogen and oxygen atoms in total. The normalized spacial score (nSPS) is 21.1. The summed E-state index contributed by atoms with van der Waals surface area (Å²) in [6, 6.07) is 12.4. The Balaban J connectivity index is 1.14. The smallest absolute Gasteiger partial charge is 0.304 e. The number of carboxylic acid groups (broad SMARTS) is 1. The monoisotopic (exact) mass is 479 g/mol. The molecular weight excluding hydrogens is 442 g/mol. The number of hydrogen-bond donors (Lipinski definition) is 2. The highest BCUT2D eigenvalue weighted by Gasteiger charge is 2.27. The molecule has 188 valence electrons. The van der Waals surface area contributed by atoms with Crippen molar-refractivity contribution in [2.45, 2.75) is 44.4 Å². The first-order valence-corrected chi connectivity index (χ1v) is 13.1. The third-order valence-electron chi connectivity index (χ3n) is 7.55. The van der Waals surface area contributed by atoms with Crippen molar-refractivity contribution in [1.29, 1.82) is 0 Å². The molecule has 0 aliphatic carbocycles. The molecule has 3 aliphatic rings. The molecule has 0 spiro atoms. The van der Waals surface area contributed by atoms with Crippen molar-refractivity contribution in [3.05, 3.63) is 53.2 Å². The fourth-order valence-corrected chi connectivity index (χ4v) is 5.44. The van der Waals surface area contributed by atoms with E-state index in [1.807, 2.05) is 24.3 Å². The summed E-state index contributed by atoms with van der Waals surface area (Å²) in [5.74, 6) is 2.18. The Labute approximate surface area is 207 Å². The zero-order chi connectivity index (χ0) is 24.0. The van der Waals surface area contributed by atoms with E-state index in [2.05, 4.69) is 22.3 Å². The number of rotatable bonds is 11. The van der Waals surface area contributed by atoms with Crippen LogP contribution in [0.4, 0.5) is 5.82 Å². The number of anilines is 1. The number of pyridine rings is 1.